The lowest BCUT2D eigenvalue weighted by molar-refractivity contribution is 0.0664. The minimum atomic E-state index is -3.30. The Kier molecular flexibility index (Phi) is 3.81. The Morgan fingerprint density at radius 1 is 1.38 bits per heavy atom. The third-order valence-electron chi connectivity index (χ3n) is 3.35. The van der Waals surface area contributed by atoms with Crippen molar-refractivity contribution in [2.24, 2.45) is 0 Å². The fourth-order valence-corrected chi connectivity index (χ4v) is 4.75. The van der Waals surface area contributed by atoms with Gasteiger partial charge >= 0.3 is 0 Å². The first kappa shape index (κ1) is 14.6. The molecule has 1 aliphatic heterocycles. The van der Waals surface area contributed by atoms with E-state index < -0.39 is 15.1 Å². The van der Waals surface area contributed by atoms with Gasteiger partial charge in [-0.15, -0.1) is 11.3 Å². The second-order valence-electron chi connectivity index (χ2n) is 4.82. The highest BCUT2D eigenvalue weighted by molar-refractivity contribution is 7.91. The lowest BCUT2D eigenvalue weighted by atomic mass is 10.2. The van der Waals surface area contributed by atoms with E-state index in [2.05, 4.69) is 0 Å². The molecule has 21 heavy (non-hydrogen) atoms. The number of sulfone groups is 1. The molecule has 3 heterocycles. The quantitative estimate of drug-likeness (QED) is 0.853. The second kappa shape index (κ2) is 5.47. The Morgan fingerprint density at radius 2 is 2.14 bits per heavy atom. The van der Waals surface area contributed by atoms with Gasteiger partial charge in [-0.3, -0.25) is 4.79 Å². The third kappa shape index (κ3) is 3.00. The Balaban J connectivity index is 1.61. The van der Waals surface area contributed by atoms with Crippen LogP contribution in [0.3, 0.4) is 0 Å². The number of amides is 1. The summed E-state index contributed by atoms with van der Waals surface area (Å²) in [7, 11) is -3.30. The molecule has 1 fully saturated rings. The molecule has 0 saturated carbocycles. The largest absolute Gasteiger partial charge is 0.468 e. The van der Waals surface area contributed by atoms with E-state index in [4.69, 9.17) is 16.0 Å². The summed E-state index contributed by atoms with van der Waals surface area (Å²) >= 11 is 6.99. The smallest absolute Gasteiger partial charge is 0.264 e. The van der Waals surface area contributed by atoms with Gasteiger partial charge in [0.15, 0.2) is 9.84 Å². The standard InChI is InChI=1S/C13H12ClNO4S2/c14-12-4-3-11(20-12)13(16)15-6-10(7-15)21(17,18)8-9-2-1-5-19-9/h1-5,10H,6-8H2. The van der Waals surface area contributed by atoms with E-state index in [1.165, 1.54) is 22.5 Å². The van der Waals surface area contributed by atoms with E-state index in [1.54, 1.807) is 24.3 Å². The first-order valence-electron chi connectivity index (χ1n) is 6.24. The molecule has 1 amide bonds. The van der Waals surface area contributed by atoms with Crippen molar-refractivity contribution in [1.29, 1.82) is 0 Å². The molecule has 5 nitrogen and oxygen atoms in total. The summed E-state index contributed by atoms with van der Waals surface area (Å²) < 4.78 is 29.9. The number of hydrogen-bond acceptors (Lipinski definition) is 5. The molecule has 2 aromatic rings. The summed E-state index contributed by atoms with van der Waals surface area (Å²) in [6.45, 7) is 0.439. The zero-order valence-corrected chi connectivity index (χ0v) is 13.2. The van der Waals surface area contributed by atoms with Crippen LogP contribution in [0, 0.1) is 0 Å². The predicted octanol–water partition coefficient (Wildman–Crippen LogP) is 2.43. The molecule has 0 aromatic carbocycles. The van der Waals surface area contributed by atoms with Gasteiger partial charge in [0.25, 0.3) is 5.91 Å². The zero-order chi connectivity index (χ0) is 15.0. The lowest BCUT2D eigenvalue weighted by Gasteiger charge is -2.38. The number of furan rings is 1. The first-order chi connectivity index (χ1) is 9.95. The van der Waals surface area contributed by atoms with Crippen molar-refractivity contribution in [3.63, 3.8) is 0 Å². The van der Waals surface area contributed by atoms with Crippen LogP contribution in [-0.4, -0.2) is 37.6 Å². The zero-order valence-electron chi connectivity index (χ0n) is 10.9. The summed E-state index contributed by atoms with van der Waals surface area (Å²) in [5, 5.41) is -0.526. The maximum absolute atomic E-state index is 12.2. The Labute approximate surface area is 131 Å². The molecular weight excluding hydrogens is 334 g/mol. The van der Waals surface area contributed by atoms with E-state index >= 15 is 0 Å². The topological polar surface area (TPSA) is 67.6 Å². The number of nitrogens with zero attached hydrogens (tertiary/aromatic N) is 1. The van der Waals surface area contributed by atoms with Crippen molar-refractivity contribution in [2.75, 3.05) is 13.1 Å². The normalized spacial score (nSPS) is 16.0. The molecule has 1 saturated heterocycles. The van der Waals surface area contributed by atoms with Crippen LogP contribution in [0.1, 0.15) is 15.4 Å². The van der Waals surface area contributed by atoms with Gasteiger partial charge in [-0.1, -0.05) is 11.6 Å². The molecule has 112 valence electrons. The van der Waals surface area contributed by atoms with E-state index in [-0.39, 0.29) is 24.7 Å². The summed E-state index contributed by atoms with van der Waals surface area (Å²) in [4.78, 5) is 14.1. The van der Waals surface area contributed by atoms with Gasteiger partial charge in [0.2, 0.25) is 0 Å². The minimum absolute atomic E-state index is 0.127. The highest BCUT2D eigenvalue weighted by Crippen LogP contribution is 2.27. The predicted molar refractivity (Wildman–Crippen MR) is 80.4 cm³/mol. The molecular formula is C13H12ClNO4S2. The molecule has 0 N–H and O–H groups in total. The summed E-state index contributed by atoms with van der Waals surface area (Å²) in [6.07, 6.45) is 1.45. The molecule has 0 atom stereocenters. The number of hydrogen-bond donors (Lipinski definition) is 0. The van der Waals surface area contributed by atoms with Gasteiger partial charge in [-0.05, 0) is 24.3 Å². The molecule has 3 rings (SSSR count). The van der Waals surface area contributed by atoms with Crippen LogP contribution in [0.15, 0.2) is 34.9 Å². The van der Waals surface area contributed by atoms with E-state index in [1.807, 2.05) is 0 Å². The number of halogens is 1. The number of carbonyl (C=O) groups is 1. The summed E-state index contributed by atoms with van der Waals surface area (Å²) in [6, 6.07) is 6.60. The Hall–Kier alpha value is -1.31. The van der Waals surface area contributed by atoms with Crippen LogP contribution in [0.5, 0.6) is 0 Å². The highest BCUT2D eigenvalue weighted by atomic mass is 35.5. The molecule has 0 bridgehead atoms. The number of likely N-dealkylation sites (tertiary alicyclic amines) is 1. The van der Waals surface area contributed by atoms with Crippen LogP contribution in [0.4, 0.5) is 0 Å². The number of carbonyl (C=O) groups excluding carboxylic acids is 1. The van der Waals surface area contributed by atoms with Crippen LogP contribution in [0.25, 0.3) is 0 Å². The maximum atomic E-state index is 12.2. The van der Waals surface area contributed by atoms with Crippen molar-refractivity contribution in [2.45, 2.75) is 11.0 Å². The van der Waals surface area contributed by atoms with Gasteiger partial charge in [-0.2, -0.15) is 0 Å². The van der Waals surface area contributed by atoms with E-state index in [0.29, 0.717) is 15.0 Å². The van der Waals surface area contributed by atoms with Crippen molar-refractivity contribution >= 4 is 38.7 Å². The van der Waals surface area contributed by atoms with Crippen LogP contribution in [0.2, 0.25) is 4.34 Å². The monoisotopic (exact) mass is 345 g/mol. The highest BCUT2D eigenvalue weighted by Gasteiger charge is 2.40. The van der Waals surface area contributed by atoms with E-state index in [9.17, 15) is 13.2 Å². The first-order valence-corrected chi connectivity index (χ1v) is 9.15. The molecule has 0 radical (unpaired) electrons. The molecule has 1 aliphatic rings. The van der Waals surface area contributed by atoms with Crippen molar-refractivity contribution in [1.82, 2.24) is 4.90 Å². The van der Waals surface area contributed by atoms with Crippen LogP contribution in [-0.2, 0) is 15.6 Å². The van der Waals surface area contributed by atoms with Gasteiger partial charge < -0.3 is 9.32 Å². The van der Waals surface area contributed by atoms with Crippen molar-refractivity contribution < 1.29 is 17.6 Å². The van der Waals surface area contributed by atoms with Gasteiger partial charge in [0.05, 0.1) is 20.7 Å². The third-order valence-corrected chi connectivity index (χ3v) is 6.57. The molecule has 2 aromatic heterocycles. The SMILES string of the molecule is O=C(c1ccc(Cl)s1)N1CC(S(=O)(=O)Cc2ccco2)C1. The molecule has 0 unspecified atom stereocenters. The van der Waals surface area contributed by atoms with Crippen molar-refractivity contribution in [3.05, 3.63) is 45.5 Å². The fourth-order valence-electron chi connectivity index (χ4n) is 2.13. The average molecular weight is 346 g/mol. The number of rotatable bonds is 4. The average Bonchev–Trinajstić information content (AvgIpc) is 2.97. The number of thiophene rings is 1. The van der Waals surface area contributed by atoms with Gasteiger partial charge in [0.1, 0.15) is 11.5 Å². The minimum Gasteiger partial charge on any atom is -0.468 e. The lowest BCUT2D eigenvalue weighted by Crippen LogP contribution is -2.56. The van der Waals surface area contributed by atoms with E-state index in [0.717, 1.165) is 0 Å². The molecule has 8 heteroatoms. The van der Waals surface area contributed by atoms with Crippen LogP contribution < -0.4 is 0 Å². The van der Waals surface area contributed by atoms with Gasteiger partial charge in [0, 0.05) is 13.1 Å². The summed E-state index contributed by atoms with van der Waals surface area (Å²) in [5.74, 6) is 0.124. The molecule has 0 spiro atoms. The summed E-state index contributed by atoms with van der Waals surface area (Å²) in [5.41, 5.74) is 0. The maximum Gasteiger partial charge on any atom is 0.264 e. The second-order valence-corrected chi connectivity index (χ2v) is 8.82. The van der Waals surface area contributed by atoms with Crippen molar-refractivity contribution in [3.8, 4) is 0 Å². The van der Waals surface area contributed by atoms with Crippen LogP contribution >= 0.6 is 22.9 Å². The Bertz CT molecular complexity index is 745. The Morgan fingerprint density at radius 3 is 2.71 bits per heavy atom. The van der Waals surface area contributed by atoms with Gasteiger partial charge in [-0.25, -0.2) is 8.42 Å². The fraction of sp³-hybridized carbons (Fsp3) is 0.308. The molecule has 0 aliphatic carbocycles.